The third kappa shape index (κ3) is 3.87. The van der Waals surface area contributed by atoms with Gasteiger partial charge >= 0.3 is 0 Å². The van der Waals surface area contributed by atoms with Gasteiger partial charge in [-0.3, -0.25) is 9.59 Å². The Bertz CT molecular complexity index is 1100. The van der Waals surface area contributed by atoms with E-state index in [0.717, 1.165) is 10.8 Å². The highest BCUT2D eigenvalue weighted by molar-refractivity contribution is 5.97. The van der Waals surface area contributed by atoms with Crippen LogP contribution in [0.3, 0.4) is 0 Å². The second-order valence-electron chi connectivity index (χ2n) is 6.73. The maximum absolute atomic E-state index is 11.5. The average molecular weight is 392 g/mol. The Morgan fingerprint density at radius 1 is 0.759 bits per heavy atom. The third-order valence-electron chi connectivity index (χ3n) is 4.51. The predicted octanol–water partition coefficient (Wildman–Crippen LogP) is 5.43. The van der Waals surface area contributed by atoms with Gasteiger partial charge in [-0.1, -0.05) is 24.3 Å². The molecule has 0 saturated carbocycles. The van der Waals surface area contributed by atoms with Crippen molar-refractivity contribution < 1.29 is 27.9 Å². The number of hydrogen-bond acceptors (Lipinski definition) is 6. The van der Waals surface area contributed by atoms with Gasteiger partial charge in [-0.2, -0.15) is 0 Å². The SMILES string of the molecule is CC(=O)c1cc2cccc(OCCCOc3cccc4cc(C(C)=O)oc34)c2o1. The normalized spacial score (nSPS) is 11.1. The minimum atomic E-state index is -0.124. The van der Waals surface area contributed by atoms with E-state index < -0.39 is 0 Å². The molecule has 0 unspecified atom stereocenters. The van der Waals surface area contributed by atoms with Gasteiger partial charge < -0.3 is 18.3 Å². The van der Waals surface area contributed by atoms with Crippen LogP contribution >= 0.6 is 0 Å². The molecule has 0 bridgehead atoms. The lowest BCUT2D eigenvalue weighted by Crippen LogP contribution is -2.05. The van der Waals surface area contributed by atoms with E-state index in [1.807, 2.05) is 36.4 Å². The maximum Gasteiger partial charge on any atom is 0.194 e. The van der Waals surface area contributed by atoms with E-state index in [0.29, 0.717) is 53.8 Å². The highest BCUT2D eigenvalue weighted by Gasteiger charge is 2.13. The lowest BCUT2D eigenvalue weighted by molar-refractivity contribution is 0.0981. The van der Waals surface area contributed by atoms with Gasteiger partial charge in [-0.05, 0) is 24.3 Å². The van der Waals surface area contributed by atoms with Crippen LogP contribution in [0.2, 0.25) is 0 Å². The van der Waals surface area contributed by atoms with Gasteiger partial charge in [0.25, 0.3) is 0 Å². The summed E-state index contributed by atoms with van der Waals surface area (Å²) >= 11 is 0. The van der Waals surface area contributed by atoms with E-state index >= 15 is 0 Å². The molecule has 2 heterocycles. The largest absolute Gasteiger partial charge is 0.490 e. The second kappa shape index (κ2) is 7.83. The quantitative estimate of drug-likeness (QED) is 0.294. The van der Waals surface area contributed by atoms with Crippen LogP contribution in [0.4, 0.5) is 0 Å². The number of ether oxygens (including phenoxy) is 2. The Balaban J connectivity index is 1.37. The molecule has 0 radical (unpaired) electrons. The molecule has 0 aliphatic carbocycles. The Kier molecular flexibility index (Phi) is 5.08. The van der Waals surface area contributed by atoms with Crippen molar-refractivity contribution in [1.82, 2.24) is 0 Å². The van der Waals surface area contributed by atoms with Gasteiger partial charge in [0.1, 0.15) is 0 Å². The molecule has 6 heteroatoms. The van der Waals surface area contributed by atoms with E-state index in [1.165, 1.54) is 13.8 Å². The maximum atomic E-state index is 11.5. The van der Waals surface area contributed by atoms with Crippen LogP contribution in [0.25, 0.3) is 21.9 Å². The third-order valence-corrected chi connectivity index (χ3v) is 4.51. The van der Waals surface area contributed by atoms with Crippen LogP contribution in [-0.2, 0) is 0 Å². The van der Waals surface area contributed by atoms with Gasteiger partial charge in [-0.25, -0.2) is 0 Å². The monoisotopic (exact) mass is 392 g/mol. The first-order valence-corrected chi connectivity index (χ1v) is 9.35. The van der Waals surface area contributed by atoms with Gasteiger partial charge in [-0.15, -0.1) is 0 Å². The molecule has 4 rings (SSSR count). The Morgan fingerprint density at radius 2 is 1.21 bits per heavy atom. The number of benzene rings is 2. The molecular weight excluding hydrogens is 372 g/mol. The van der Waals surface area contributed by atoms with Gasteiger partial charge in [0, 0.05) is 31.0 Å². The molecule has 148 valence electrons. The lowest BCUT2D eigenvalue weighted by Gasteiger charge is -2.08. The van der Waals surface area contributed by atoms with E-state index in [9.17, 15) is 9.59 Å². The molecule has 0 saturated heterocycles. The molecule has 0 aliphatic rings. The number of furan rings is 2. The van der Waals surface area contributed by atoms with Crippen molar-refractivity contribution >= 4 is 33.5 Å². The number of fused-ring (bicyclic) bond motifs is 2. The van der Waals surface area contributed by atoms with Crippen LogP contribution < -0.4 is 9.47 Å². The van der Waals surface area contributed by atoms with Crippen LogP contribution in [0.15, 0.2) is 57.4 Å². The van der Waals surface area contributed by atoms with Crippen molar-refractivity contribution in [2.24, 2.45) is 0 Å². The molecule has 0 N–H and O–H groups in total. The van der Waals surface area contributed by atoms with Crippen molar-refractivity contribution in [2.75, 3.05) is 13.2 Å². The van der Waals surface area contributed by atoms with E-state index in [-0.39, 0.29) is 11.6 Å². The van der Waals surface area contributed by atoms with Gasteiger partial charge in [0.05, 0.1) is 13.2 Å². The standard InChI is InChI=1S/C23H20O6/c1-14(24)20-12-16-6-3-8-18(22(16)28-20)26-10-5-11-27-19-9-4-7-17-13-21(15(2)25)29-23(17)19/h3-4,6-9,12-13H,5,10-11H2,1-2H3. The first-order valence-electron chi connectivity index (χ1n) is 9.35. The highest BCUT2D eigenvalue weighted by Crippen LogP contribution is 2.30. The van der Waals surface area contributed by atoms with E-state index in [1.54, 1.807) is 12.1 Å². The van der Waals surface area contributed by atoms with Gasteiger partial charge in [0.15, 0.2) is 45.8 Å². The fourth-order valence-corrected chi connectivity index (χ4v) is 3.07. The zero-order valence-corrected chi connectivity index (χ0v) is 16.2. The van der Waals surface area contributed by atoms with Crippen LogP contribution in [0.1, 0.15) is 41.4 Å². The number of hydrogen-bond donors (Lipinski definition) is 0. The predicted molar refractivity (Wildman–Crippen MR) is 108 cm³/mol. The molecule has 0 aliphatic heterocycles. The minimum Gasteiger partial charge on any atom is -0.490 e. The molecule has 0 amide bonds. The smallest absolute Gasteiger partial charge is 0.194 e. The summed E-state index contributed by atoms with van der Waals surface area (Å²) in [5, 5.41) is 1.66. The summed E-state index contributed by atoms with van der Waals surface area (Å²) in [5.74, 6) is 1.57. The number of Topliss-reactive ketones (excluding diaryl/α,β-unsaturated/α-hetero) is 2. The van der Waals surface area contributed by atoms with Crippen LogP contribution in [0, 0.1) is 0 Å². The summed E-state index contributed by atoms with van der Waals surface area (Å²) in [6.07, 6.45) is 0.632. The molecule has 2 aromatic carbocycles. The average Bonchev–Trinajstić information content (AvgIpc) is 3.33. The Morgan fingerprint density at radius 3 is 1.62 bits per heavy atom. The van der Waals surface area contributed by atoms with Crippen LogP contribution in [0.5, 0.6) is 11.5 Å². The van der Waals surface area contributed by atoms with Crippen molar-refractivity contribution in [3.05, 3.63) is 60.1 Å². The summed E-state index contributed by atoms with van der Waals surface area (Å²) in [6.45, 7) is 3.77. The molecule has 4 aromatic rings. The zero-order valence-electron chi connectivity index (χ0n) is 16.2. The van der Waals surface area contributed by atoms with Gasteiger partial charge in [0.2, 0.25) is 0 Å². The summed E-state index contributed by atoms with van der Waals surface area (Å²) in [4.78, 5) is 23.0. The summed E-state index contributed by atoms with van der Waals surface area (Å²) < 4.78 is 22.9. The summed E-state index contributed by atoms with van der Waals surface area (Å²) in [5.41, 5.74) is 1.13. The topological polar surface area (TPSA) is 78.9 Å². The first kappa shape index (κ1) is 18.8. The minimum absolute atomic E-state index is 0.124. The Labute approximate surface area is 167 Å². The van der Waals surface area contributed by atoms with E-state index in [4.69, 9.17) is 18.3 Å². The molecule has 29 heavy (non-hydrogen) atoms. The van der Waals surface area contributed by atoms with Crippen molar-refractivity contribution in [2.45, 2.75) is 20.3 Å². The van der Waals surface area contributed by atoms with Crippen molar-refractivity contribution in [1.29, 1.82) is 0 Å². The summed E-state index contributed by atoms with van der Waals surface area (Å²) in [7, 11) is 0. The molecule has 0 fully saturated rings. The first-order chi connectivity index (χ1) is 14.0. The van der Waals surface area contributed by atoms with Crippen LogP contribution in [-0.4, -0.2) is 24.8 Å². The molecular formula is C23H20O6. The lowest BCUT2D eigenvalue weighted by atomic mass is 10.2. The number of carbonyl (C=O) groups is 2. The Hall–Kier alpha value is -3.54. The molecule has 0 atom stereocenters. The second-order valence-corrected chi connectivity index (χ2v) is 6.73. The molecule has 2 aromatic heterocycles. The fraction of sp³-hybridized carbons (Fsp3) is 0.217. The number of ketones is 2. The van der Waals surface area contributed by atoms with Crippen molar-refractivity contribution in [3.63, 3.8) is 0 Å². The number of para-hydroxylation sites is 2. The molecule has 0 spiro atoms. The van der Waals surface area contributed by atoms with E-state index in [2.05, 4.69) is 0 Å². The number of carbonyl (C=O) groups excluding carboxylic acids is 2. The summed E-state index contributed by atoms with van der Waals surface area (Å²) in [6, 6.07) is 14.5. The van der Waals surface area contributed by atoms with Crippen molar-refractivity contribution in [3.8, 4) is 11.5 Å². The number of rotatable bonds is 8. The fourth-order valence-electron chi connectivity index (χ4n) is 3.07. The highest BCUT2D eigenvalue weighted by atomic mass is 16.5. The molecule has 6 nitrogen and oxygen atoms in total. The zero-order chi connectivity index (χ0) is 20.4.